The molecule has 0 saturated heterocycles. The smallest absolute Gasteiger partial charge is 0.128 e. The highest BCUT2D eigenvalue weighted by molar-refractivity contribution is 6.30. The van der Waals surface area contributed by atoms with E-state index >= 15 is 0 Å². The molecule has 2 N–H and O–H groups in total. The number of nitrogens with zero attached hydrogens (tertiary/aromatic N) is 1. The third-order valence-corrected chi connectivity index (χ3v) is 3.24. The van der Waals surface area contributed by atoms with Crippen LogP contribution in [0.25, 0.3) is 0 Å². The van der Waals surface area contributed by atoms with Gasteiger partial charge in [0.25, 0.3) is 0 Å². The van der Waals surface area contributed by atoms with E-state index in [0.29, 0.717) is 17.1 Å². The van der Waals surface area contributed by atoms with Crippen molar-refractivity contribution in [2.45, 2.75) is 32.7 Å². The fourth-order valence-electron chi connectivity index (χ4n) is 2.24. The SMILES string of the molecule is CCCN(CCC)C(CN)c1cc(Cl)ccc1F. The molecule has 0 aliphatic heterocycles. The summed E-state index contributed by atoms with van der Waals surface area (Å²) in [5.41, 5.74) is 6.44. The van der Waals surface area contributed by atoms with E-state index in [1.165, 1.54) is 6.07 Å². The number of hydrogen-bond donors (Lipinski definition) is 1. The summed E-state index contributed by atoms with van der Waals surface area (Å²) in [6.07, 6.45) is 2.05. The van der Waals surface area contributed by atoms with Gasteiger partial charge < -0.3 is 5.73 Å². The van der Waals surface area contributed by atoms with Crippen LogP contribution in [0.5, 0.6) is 0 Å². The van der Waals surface area contributed by atoms with Gasteiger partial charge in [-0.05, 0) is 44.1 Å². The van der Waals surface area contributed by atoms with Gasteiger partial charge in [0.15, 0.2) is 0 Å². The van der Waals surface area contributed by atoms with Crippen molar-refractivity contribution in [2.75, 3.05) is 19.6 Å². The zero-order chi connectivity index (χ0) is 13.5. The second-order valence-electron chi connectivity index (χ2n) is 4.45. The normalized spacial score (nSPS) is 13.0. The van der Waals surface area contributed by atoms with Gasteiger partial charge >= 0.3 is 0 Å². The first-order valence-corrected chi connectivity index (χ1v) is 6.90. The highest BCUT2D eigenvalue weighted by atomic mass is 35.5. The lowest BCUT2D eigenvalue weighted by Gasteiger charge is -2.31. The second kappa shape index (κ2) is 7.72. The van der Waals surface area contributed by atoms with Crippen LogP contribution in [0.2, 0.25) is 5.02 Å². The summed E-state index contributed by atoms with van der Waals surface area (Å²) in [4.78, 5) is 2.23. The molecule has 0 bridgehead atoms. The molecule has 1 aromatic rings. The molecule has 1 unspecified atom stereocenters. The van der Waals surface area contributed by atoms with Gasteiger partial charge in [0.2, 0.25) is 0 Å². The molecule has 102 valence electrons. The largest absolute Gasteiger partial charge is 0.329 e. The quantitative estimate of drug-likeness (QED) is 0.822. The molecule has 0 aliphatic rings. The maximum Gasteiger partial charge on any atom is 0.128 e. The zero-order valence-corrected chi connectivity index (χ0v) is 11.9. The lowest BCUT2D eigenvalue weighted by atomic mass is 10.0. The predicted octanol–water partition coefficient (Wildman–Crippen LogP) is 3.60. The van der Waals surface area contributed by atoms with Gasteiger partial charge in [-0.3, -0.25) is 4.90 Å². The minimum atomic E-state index is -0.230. The summed E-state index contributed by atoms with van der Waals surface area (Å²) < 4.78 is 13.9. The molecule has 1 atom stereocenters. The highest BCUT2D eigenvalue weighted by Gasteiger charge is 2.21. The van der Waals surface area contributed by atoms with Crippen LogP contribution < -0.4 is 5.73 Å². The molecule has 0 amide bonds. The van der Waals surface area contributed by atoms with Crippen LogP contribution in [0.3, 0.4) is 0 Å². The maximum atomic E-state index is 13.9. The van der Waals surface area contributed by atoms with Gasteiger partial charge in [0.05, 0.1) is 0 Å². The van der Waals surface area contributed by atoms with E-state index in [4.69, 9.17) is 17.3 Å². The first kappa shape index (κ1) is 15.4. The van der Waals surface area contributed by atoms with Crippen LogP contribution >= 0.6 is 11.6 Å². The van der Waals surface area contributed by atoms with Crippen LogP contribution in [0.1, 0.15) is 38.3 Å². The summed E-state index contributed by atoms with van der Waals surface area (Å²) >= 11 is 5.95. The maximum absolute atomic E-state index is 13.9. The van der Waals surface area contributed by atoms with E-state index < -0.39 is 0 Å². The monoisotopic (exact) mass is 272 g/mol. The average Bonchev–Trinajstić information content (AvgIpc) is 2.35. The first-order valence-electron chi connectivity index (χ1n) is 6.53. The predicted molar refractivity (Wildman–Crippen MR) is 75.4 cm³/mol. The fourth-order valence-corrected chi connectivity index (χ4v) is 2.42. The molecule has 4 heteroatoms. The Morgan fingerprint density at radius 2 is 1.89 bits per heavy atom. The number of rotatable bonds is 7. The molecule has 0 heterocycles. The van der Waals surface area contributed by atoms with E-state index in [9.17, 15) is 4.39 Å². The molecule has 1 aromatic carbocycles. The Kier molecular flexibility index (Phi) is 6.61. The van der Waals surface area contributed by atoms with Gasteiger partial charge in [-0.15, -0.1) is 0 Å². The van der Waals surface area contributed by atoms with Crippen molar-refractivity contribution in [1.29, 1.82) is 0 Å². The minimum absolute atomic E-state index is 0.0939. The molecule has 0 spiro atoms. The standard InChI is InChI=1S/C14H22ClFN2/c1-3-7-18(8-4-2)14(10-17)12-9-11(15)5-6-13(12)16/h5-6,9,14H,3-4,7-8,10,17H2,1-2H3. The molecule has 18 heavy (non-hydrogen) atoms. The van der Waals surface area contributed by atoms with Crippen LogP contribution in [-0.4, -0.2) is 24.5 Å². The number of halogens is 2. The van der Waals surface area contributed by atoms with Crippen LogP contribution in [-0.2, 0) is 0 Å². The second-order valence-corrected chi connectivity index (χ2v) is 4.89. The van der Waals surface area contributed by atoms with Gasteiger partial charge in [-0.25, -0.2) is 4.39 Å². The minimum Gasteiger partial charge on any atom is -0.329 e. The van der Waals surface area contributed by atoms with Gasteiger partial charge in [-0.1, -0.05) is 25.4 Å². The Bertz CT molecular complexity index is 365. The van der Waals surface area contributed by atoms with Crippen LogP contribution in [0.15, 0.2) is 18.2 Å². The van der Waals surface area contributed by atoms with E-state index in [0.717, 1.165) is 25.9 Å². The third kappa shape index (κ3) is 3.94. The Balaban J connectivity index is 3.01. The Hall–Kier alpha value is -0.640. The van der Waals surface area contributed by atoms with E-state index in [1.807, 2.05) is 0 Å². The first-order chi connectivity index (χ1) is 8.63. The lowest BCUT2D eigenvalue weighted by Crippen LogP contribution is -2.35. The Morgan fingerprint density at radius 1 is 1.28 bits per heavy atom. The summed E-state index contributed by atoms with van der Waals surface area (Å²) in [5.74, 6) is -0.230. The number of nitrogens with two attached hydrogens (primary N) is 1. The van der Waals surface area contributed by atoms with Crippen molar-refractivity contribution in [1.82, 2.24) is 4.90 Å². The van der Waals surface area contributed by atoms with Crippen LogP contribution in [0, 0.1) is 5.82 Å². The molecular weight excluding hydrogens is 251 g/mol. The van der Waals surface area contributed by atoms with Crippen molar-refractivity contribution >= 4 is 11.6 Å². The van der Waals surface area contributed by atoms with E-state index in [2.05, 4.69) is 18.7 Å². The fraction of sp³-hybridized carbons (Fsp3) is 0.571. The summed E-state index contributed by atoms with van der Waals surface area (Å²) in [7, 11) is 0. The zero-order valence-electron chi connectivity index (χ0n) is 11.1. The number of benzene rings is 1. The third-order valence-electron chi connectivity index (χ3n) is 3.00. The molecule has 0 radical (unpaired) electrons. The molecule has 0 aromatic heterocycles. The molecular formula is C14H22ClFN2. The summed E-state index contributed by atoms with van der Waals surface area (Å²) in [5, 5.41) is 0.554. The Morgan fingerprint density at radius 3 is 2.39 bits per heavy atom. The van der Waals surface area contributed by atoms with Gasteiger partial charge in [-0.2, -0.15) is 0 Å². The van der Waals surface area contributed by atoms with Crippen molar-refractivity contribution in [3.63, 3.8) is 0 Å². The molecule has 0 aliphatic carbocycles. The van der Waals surface area contributed by atoms with Crippen molar-refractivity contribution in [2.24, 2.45) is 5.73 Å². The van der Waals surface area contributed by atoms with Crippen LogP contribution in [0.4, 0.5) is 4.39 Å². The molecule has 2 nitrogen and oxygen atoms in total. The van der Waals surface area contributed by atoms with Crippen molar-refractivity contribution in [3.05, 3.63) is 34.6 Å². The average molecular weight is 273 g/mol. The van der Waals surface area contributed by atoms with Gasteiger partial charge in [0, 0.05) is 23.2 Å². The summed E-state index contributed by atoms with van der Waals surface area (Å²) in [6, 6.07) is 4.57. The van der Waals surface area contributed by atoms with Gasteiger partial charge in [0.1, 0.15) is 5.82 Å². The summed E-state index contributed by atoms with van der Waals surface area (Å²) in [6.45, 7) is 6.47. The number of hydrogen-bond acceptors (Lipinski definition) is 2. The molecule has 0 saturated carbocycles. The molecule has 1 rings (SSSR count). The highest BCUT2D eigenvalue weighted by Crippen LogP contribution is 2.26. The van der Waals surface area contributed by atoms with Crippen molar-refractivity contribution in [3.8, 4) is 0 Å². The Labute approximate surface area is 114 Å². The van der Waals surface area contributed by atoms with E-state index in [1.54, 1.807) is 12.1 Å². The van der Waals surface area contributed by atoms with Crippen molar-refractivity contribution < 1.29 is 4.39 Å². The topological polar surface area (TPSA) is 29.3 Å². The molecule has 0 fully saturated rings. The lowest BCUT2D eigenvalue weighted by molar-refractivity contribution is 0.198. The van der Waals surface area contributed by atoms with E-state index in [-0.39, 0.29) is 11.9 Å².